The fraction of sp³-hybridized carbons (Fsp3) is 0.420. The third-order valence-electron chi connectivity index (χ3n) is 12.9. The lowest BCUT2D eigenvalue weighted by Gasteiger charge is -2.39. The van der Waals surface area contributed by atoms with Crippen molar-refractivity contribution in [3.63, 3.8) is 0 Å². The van der Waals surface area contributed by atoms with Crippen LogP contribution in [0.5, 0.6) is 5.75 Å². The summed E-state index contributed by atoms with van der Waals surface area (Å²) in [7, 11) is 0. The zero-order valence-corrected chi connectivity index (χ0v) is 39.7. The molecule has 69 heavy (non-hydrogen) atoms. The number of hydrogen-bond donors (Lipinski definition) is 5. The highest BCUT2D eigenvalue weighted by Crippen LogP contribution is 2.35. The number of aryl methyl sites for hydroxylation is 1. The number of nitrogens with zero attached hydrogens (tertiary/aromatic N) is 7. The maximum absolute atomic E-state index is 14.3. The summed E-state index contributed by atoms with van der Waals surface area (Å²) in [6, 6.07) is 15.8. The lowest BCUT2D eigenvalue weighted by molar-refractivity contribution is -0.141. The van der Waals surface area contributed by atoms with Crippen LogP contribution >= 0.6 is 11.3 Å². The Morgan fingerprint density at radius 3 is 2.46 bits per heavy atom. The number of ether oxygens (including phenoxy) is 2. The maximum Gasteiger partial charge on any atom is 0.290 e. The summed E-state index contributed by atoms with van der Waals surface area (Å²) in [4.78, 5) is 54.4. The number of likely N-dealkylation sites (tertiary alicyclic amines) is 1. The highest BCUT2D eigenvalue weighted by atomic mass is 32.1. The normalized spacial score (nSPS) is 20.1. The van der Waals surface area contributed by atoms with Crippen molar-refractivity contribution in [1.82, 2.24) is 34.7 Å². The molecule has 3 aliphatic rings. The van der Waals surface area contributed by atoms with Crippen molar-refractivity contribution in [2.75, 3.05) is 36.9 Å². The number of hydrogen-bond acceptors (Lipinski definition) is 15. The zero-order chi connectivity index (χ0) is 48.8. The smallest absolute Gasteiger partial charge is 0.290 e. The van der Waals surface area contributed by atoms with E-state index in [1.807, 2.05) is 69.6 Å². The number of fused-ring (bicyclic) bond motifs is 1. The topological polar surface area (TPSA) is 244 Å². The maximum atomic E-state index is 14.3. The van der Waals surface area contributed by atoms with Crippen LogP contribution < -0.4 is 16.0 Å². The zero-order valence-electron chi connectivity index (χ0n) is 38.9. The number of phenolic OH excluding ortho intramolecular Hbond substituents is 1. The number of benzene rings is 2. The van der Waals surface area contributed by atoms with Gasteiger partial charge in [0.1, 0.15) is 30.1 Å². The van der Waals surface area contributed by atoms with Crippen molar-refractivity contribution in [1.29, 1.82) is 0 Å². The van der Waals surface area contributed by atoms with Gasteiger partial charge in [0.15, 0.2) is 11.6 Å². The van der Waals surface area contributed by atoms with Crippen LogP contribution in [-0.4, -0.2) is 120 Å². The van der Waals surface area contributed by atoms with Gasteiger partial charge in [-0.2, -0.15) is 4.98 Å². The number of aromatic nitrogens is 5. The number of nitrogens with one attached hydrogen (secondary N) is 1. The average molecular weight is 960 g/mol. The fourth-order valence-corrected chi connectivity index (χ4v) is 9.90. The summed E-state index contributed by atoms with van der Waals surface area (Å²) in [5, 5.41) is 35.3. The van der Waals surface area contributed by atoms with E-state index >= 15 is 0 Å². The Hall–Kier alpha value is -6.85. The third-order valence-corrected chi connectivity index (χ3v) is 13.8. The first-order valence-corrected chi connectivity index (χ1v) is 24.0. The van der Waals surface area contributed by atoms with Crippen molar-refractivity contribution in [2.24, 2.45) is 5.92 Å². The second-order valence-corrected chi connectivity index (χ2v) is 18.8. The molecule has 18 nitrogen and oxygen atoms in total. The molecule has 6 heterocycles. The van der Waals surface area contributed by atoms with Crippen LogP contribution in [0, 0.1) is 24.7 Å². The second kappa shape index (κ2) is 21.6. The molecule has 2 saturated heterocycles. The molecule has 19 heteroatoms. The van der Waals surface area contributed by atoms with Gasteiger partial charge in [-0.1, -0.05) is 67.2 Å². The SMILES string of the molecule is Cc1ncsc1-c1ccc(C(C)NC(=O)[C@@H]2C[C@@H](O)CN2C(=O)C(c2cc(N3CCC(OC4CC(OCC#Cc5cn6cc(-c7ccccc7O)nc6nc5N)C4)CC3)no2)C(C)C)cc1.O=CO. The highest BCUT2D eigenvalue weighted by molar-refractivity contribution is 7.13. The molecular weight excluding hydrogens is 903 g/mol. The van der Waals surface area contributed by atoms with Crippen molar-refractivity contribution in [3.8, 4) is 39.3 Å². The molecule has 4 atom stereocenters. The lowest BCUT2D eigenvalue weighted by atomic mass is 9.91. The standard InChI is InChI=1S/C49H55N9O7S.CH2O2/c1-28(2)44(48(62)58-25-34(59)20-40(58)47(61)52-29(3)31-11-13-32(14-12-31)45-30(4)51-27-66-45)42-23-43(55-65-42)56-17-15-35(16-18-56)64-37-21-36(22-37)63-19-7-8-33-24-57-26-39(53-49(57)54-46(33)50)38-9-5-6-10-41(38)60;2-1-3/h5-6,9-14,23-24,26-29,34-37,40,44,59-60H,15-22,25H2,1-4H3,(H,52,61)(H2,50,53,54);1H,(H,2,3)/t29?,34-,36?,37?,40+,44?;/m1./s1. The minimum atomic E-state index is -0.816. The number of carboxylic acid groups (broad SMARTS) is 1. The van der Waals surface area contributed by atoms with Gasteiger partial charge in [-0.3, -0.25) is 18.8 Å². The Balaban J connectivity index is 0.00000209. The van der Waals surface area contributed by atoms with Gasteiger partial charge in [-0.25, -0.2) is 9.97 Å². The number of phenols is 1. The minimum absolute atomic E-state index is 0.0663. The van der Waals surface area contributed by atoms with E-state index in [0.29, 0.717) is 34.2 Å². The predicted molar refractivity (Wildman–Crippen MR) is 258 cm³/mol. The summed E-state index contributed by atoms with van der Waals surface area (Å²) in [5.74, 6) is 6.66. The number of para-hydroxylation sites is 1. The summed E-state index contributed by atoms with van der Waals surface area (Å²) in [6.07, 6.45) is 6.46. The molecule has 2 aliphatic heterocycles. The van der Waals surface area contributed by atoms with Crippen LogP contribution in [0.1, 0.15) is 87.4 Å². The molecule has 9 rings (SSSR count). The molecule has 0 spiro atoms. The van der Waals surface area contributed by atoms with Crippen molar-refractivity contribution < 1.29 is 43.7 Å². The van der Waals surface area contributed by atoms with Gasteiger partial charge in [0.05, 0.1) is 57.8 Å². The number of aromatic hydroxyl groups is 1. The highest BCUT2D eigenvalue weighted by Gasteiger charge is 2.44. The number of anilines is 2. The van der Waals surface area contributed by atoms with Crippen LogP contribution in [0.2, 0.25) is 0 Å². The predicted octanol–water partition coefficient (Wildman–Crippen LogP) is 5.97. The molecule has 1 aliphatic carbocycles. The molecule has 6 aromatic rings. The van der Waals surface area contributed by atoms with Crippen molar-refractivity contribution in [3.05, 3.63) is 95.1 Å². The van der Waals surface area contributed by atoms with Gasteiger partial charge in [-0.15, -0.1) is 11.3 Å². The minimum Gasteiger partial charge on any atom is -0.507 e. The number of β-amino-alcohol motifs (C(OH)–C–C–N with tert-alkyl or cyclic N) is 1. The number of amides is 2. The Kier molecular flexibility index (Phi) is 15.2. The van der Waals surface area contributed by atoms with E-state index in [2.05, 4.69) is 42.2 Å². The van der Waals surface area contributed by atoms with Crippen LogP contribution in [0.4, 0.5) is 11.6 Å². The van der Waals surface area contributed by atoms with Crippen LogP contribution in [0.15, 0.2) is 77.0 Å². The van der Waals surface area contributed by atoms with Crippen LogP contribution in [-0.2, 0) is 23.9 Å². The molecule has 2 amide bonds. The Bertz CT molecular complexity index is 2800. The first kappa shape index (κ1) is 48.6. The molecule has 362 valence electrons. The van der Waals surface area contributed by atoms with Gasteiger partial charge in [-0.05, 0) is 55.9 Å². The largest absolute Gasteiger partial charge is 0.507 e. The van der Waals surface area contributed by atoms with E-state index < -0.39 is 18.1 Å². The van der Waals surface area contributed by atoms with Crippen molar-refractivity contribution >= 4 is 47.0 Å². The molecule has 6 N–H and O–H groups in total. The molecule has 3 fully saturated rings. The number of imidazole rings is 1. The Morgan fingerprint density at radius 2 is 1.77 bits per heavy atom. The average Bonchev–Trinajstić information content (AvgIpc) is 4.15. The number of rotatable bonds is 13. The van der Waals surface area contributed by atoms with E-state index in [1.165, 1.54) is 4.90 Å². The molecule has 2 unspecified atom stereocenters. The first-order chi connectivity index (χ1) is 33.3. The number of piperidine rings is 1. The summed E-state index contributed by atoms with van der Waals surface area (Å²) in [6.45, 7) is 9.32. The Morgan fingerprint density at radius 1 is 1.03 bits per heavy atom. The van der Waals surface area contributed by atoms with Crippen LogP contribution in [0.3, 0.4) is 0 Å². The van der Waals surface area contributed by atoms with Gasteiger partial charge in [0, 0.05) is 62.9 Å². The number of nitrogen functional groups attached to an aromatic ring is 1. The molecule has 0 bridgehead atoms. The summed E-state index contributed by atoms with van der Waals surface area (Å²) < 4.78 is 20.1. The van der Waals surface area contributed by atoms with Crippen molar-refractivity contribution in [2.45, 2.75) is 102 Å². The number of thiazole rings is 1. The summed E-state index contributed by atoms with van der Waals surface area (Å²) >= 11 is 1.59. The van der Waals surface area contributed by atoms with E-state index in [1.54, 1.807) is 46.3 Å². The second-order valence-electron chi connectivity index (χ2n) is 18.0. The molecular formula is C50H57N9O9S. The third kappa shape index (κ3) is 11.2. The number of aliphatic hydroxyl groups is 1. The van der Waals surface area contributed by atoms with E-state index in [9.17, 15) is 19.8 Å². The van der Waals surface area contributed by atoms with Gasteiger partial charge in [0.2, 0.25) is 17.6 Å². The number of carbonyl (C=O) groups is 3. The number of aliphatic hydroxyl groups excluding tert-OH is 1. The van der Waals surface area contributed by atoms with E-state index in [-0.39, 0.29) is 79.7 Å². The van der Waals surface area contributed by atoms with Gasteiger partial charge in [0.25, 0.3) is 6.47 Å². The molecule has 1 saturated carbocycles. The Labute approximate surface area is 403 Å². The molecule has 0 radical (unpaired) electrons. The van der Waals surface area contributed by atoms with Crippen LogP contribution in [0.25, 0.3) is 27.5 Å². The summed E-state index contributed by atoms with van der Waals surface area (Å²) in [5.41, 5.74) is 12.8. The fourth-order valence-electron chi connectivity index (χ4n) is 9.09. The quantitative estimate of drug-likeness (QED) is 0.0662. The van der Waals surface area contributed by atoms with E-state index in [4.69, 9.17) is 29.6 Å². The van der Waals surface area contributed by atoms with Gasteiger partial charge < -0.3 is 50.2 Å². The lowest BCUT2D eigenvalue weighted by Crippen LogP contribution is -2.48. The molecule has 2 aromatic carbocycles. The monoisotopic (exact) mass is 959 g/mol. The number of carbonyl (C=O) groups excluding carboxylic acids is 2. The first-order valence-electron chi connectivity index (χ1n) is 23.1. The number of nitrogens with two attached hydrogens (primary N) is 1. The molecule has 4 aromatic heterocycles. The van der Waals surface area contributed by atoms with E-state index in [0.717, 1.165) is 60.5 Å². The van der Waals surface area contributed by atoms with Gasteiger partial charge >= 0.3 is 0 Å².